The number of hydrogen-bond donors (Lipinski definition) is 0. The summed E-state index contributed by atoms with van der Waals surface area (Å²) in [6.07, 6.45) is 76.6. The van der Waals surface area contributed by atoms with Crippen LogP contribution in [0.3, 0.4) is 0 Å². The maximum absolute atomic E-state index is 12.8. The van der Waals surface area contributed by atoms with Crippen molar-refractivity contribution < 1.29 is 28.6 Å². The predicted molar refractivity (Wildman–Crippen MR) is 312 cm³/mol. The van der Waals surface area contributed by atoms with Crippen LogP contribution >= 0.6 is 0 Å². The lowest BCUT2D eigenvalue weighted by molar-refractivity contribution is -0.167. The fourth-order valence-corrected chi connectivity index (χ4v) is 8.96. The average Bonchev–Trinajstić information content (AvgIpc) is 3.38. The van der Waals surface area contributed by atoms with Crippen molar-refractivity contribution in [3.8, 4) is 0 Å². The zero-order valence-corrected chi connectivity index (χ0v) is 47.9. The Labute approximate surface area is 447 Å². The lowest BCUT2D eigenvalue weighted by Crippen LogP contribution is -2.30. The molecule has 72 heavy (non-hydrogen) atoms. The first kappa shape index (κ1) is 69.1. The lowest BCUT2D eigenvalue weighted by atomic mass is 10.0. The molecular weight excluding hydrogens is 889 g/mol. The highest BCUT2D eigenvalue weighted by molar-refractivity contribution is 5.71. The van der Waals surface area contributed by atoms with Crippen molar-refractivity contribution in [2.24, 2.45) is 0 Å². The molecule has 0 aliphatic heterocycles. The van der Waals surface area contributed by atoms with E-state index in [-0.39, 0.29) is 31.1 Å². The summed E-state index contributed by atoms with van der Waals surface area (Å²) >= 11 is 0. The topological polar surface area (TPSA) is 78.9 Å². The van der Waals surface area contributed by atoms with E-state index in [0.717, 1.165) is 96.3 Å². The standard InChI is InChI=1S/C66H118O6/c1-4-7-10-13-16-19-22-25-27-28-29-30-31-32-33-34-35-36-37-38-39-42-44-47-50-53-56-59-65(68)71-62-63(61-70-64(67)58-55-52-49-46-43-40-24-21-18-15-12-9-6-3)72-66(69)60-57-54-51-48-45-41-26-23-20-17-14-11-8-5-2/h14,17,21-26,28-29,63H,4-13,15-16,18-20,27,30-62H2,1-3H3/b17-14-,24-21-,25-22-,26-23-,29-28-. The summed E-state index contributed by atoms with van der Waals surface area (Å²) in [6, 6.07) is 0. The van der Waals surface area contributed by atoms with Gasteiger partial charge in [-0.15, -0.1) is 0 Å². The normalized spacial score (nSPS) is 12.4. The molecule has 0 aliphatic carbocycles. The van der Waals surface area contributed by atoms with Gasteiger partial charge in [-0.2, -0.15) is 0 Å². The number of rotatable bonds is 57. The van der Waals surface area contributed by atoms with Crippen molar-refractivity contribution in [2.45, 2.75) is 329 Å². The van der Waals surface area contributed by atoms with Gasteiger partial charge < -0.3 is 14.2 Å². The van der Waals surface area contributed by atoms with Gasteiger partial charge >= 0.3 is 17.9 Å². The van der Waals surface area contributed by atoms with Crippen LogP contribution in [0.2, 0.25) is 0 Å². The van der Waals surface area contributed by atoms with E-state index in [4.69, 9.17) is 14.2 Å². The van der Waals surface area contributed by atoms with Crippen molar-refractivity contribution in [3.63, 3.8) is 0 Å². The van der Waals surface area contributed by atoms with Crippen LogP contribution in [-0.2, 0) is 28.6 Å². The quantitative estimate of drug-likeness (QED) is 0.0261. The predicted octanol–water partition coefficient (Wildman–Crippen LogP) is 21.2. The van der Waals surface area contributed by atoms with Gasteiger partial charge in [0.2, 0.25) is 0 Å². The van der Waals surface area contributed by atoms with Crippen molar-refractivity contribution in [2.75, 3.05) is 13.2 Å². The van der Waals surface area contributed by atoms with Crippen molar-refractivity contribution in [1.29, 1.82) is 0 Å². The molecule has 0 saturated carbocycles. The van der Waals surface area contributed by atoms with Gasteiger partial charge in [0.25, 0.3) is 0 Å². The molecule has 0 rings (SSSR count). The van der Waals surface area contributed by atoms with E-state index in [1.54, 1.807) is 0 Å². The largest absolute Gasteiger partial charge is 0.462 e. The van der Waals surface area contributed by atoms with E-state index >= 15 is 0 Å². The molecule has 0 aromatic heterocycles. The Morgan fingerprint density at radius 1 is 0.278 bits per heavy atom. The van der Waals surface area contributed by atoms with Gasteiger partial charge in [-0.25, -0.2) is 0 Å². The van der Waals surface area contributed by atoms with Crippen molar-refractivity contribution in [1.82, 2.24) is 0 Å². The molecule has 418 valence electrons. The van der Waals surface area contributed by atoms with Gasteiger partial charge in [0.15, 0.2) is 6.10 Å². The highest BCUT2D eigenvalue weighted by Crippen LogP contribution is 2.16. The molecule has 0 fully saturated rings. The molecule has 0 amide bonds. The summed E-state index contributed by atoms with van der Waals surface area (Å²) in [5, 5.41) is 0. The maximum Gasteiger partial charge on any atom is 0.306 e. The number of unbranched alkanes of at least 4 members (excludes halogenated alkanes) is 36. The molecular formula is C66H118O6. The maximum atomic E-state index is 12.8. The first-order valence-corrected chi connectivity index (χ1v) is 31.3. The van der Waals surface area contributed by atoms with E-state index in [1.807, 2.05) is 0 Å². The van der Waals surface area contributed by atoms with Crippen LogP contribution in [-0.4, -0.2) is 37.2 Å². The highest BCUT2D eigenvalue weighted by atomic mass is 16.6. The molecule has 0 heterocycles. The number of carbonyl (C=O) groups excluding carboxylic acids is 3. The molecule has 0 spiro atoms. The number of hydrogen-bond acceptors (Lipinski definition) is 6. The number of carbonyl (C=O) groups is 3. The average molecular weight is 1010 g/mol. The molecule has 0 saturated heterocycles. The Balaban J connectivity index is 4.22. The molecule has 0 aromatic carbocycles. The van der Waals surface area contributed by atoms with E-state index in [2.05, 4.69) is 81.5 Å². The van der Waals surface area contributed by atoms with E-state index in [9.17, 15) is 14.4 Å². The second-order valence-electron chi connectivity index (χ2n) is 21.0. The fourth-order valence-electron chi connectivity index (χ4n) is 8.96. The van der Waals surface area contributed by atoms with Crippen LogP contribution in [0, 0.1) is 0 Å². The summed E-state index contributed by atoms with van der Waals surface area (Å²) in [4.78, 5) is 38.2. The van der Waals surface area contributed by atoms with Crippen LogP contribution in [0.25, 0.3) is 0 Å². The Bertz CT molecular complexity index is 1290. The molecule has 0 aliphatic rings. The Morgan fingerprint density at radius 3 is 0.833 bits per heavy atom. The van der Waals surface area contributed by atoms with Crippen LogP contribution < -0.4 is 0 Å². The Kier molecular flexibility index (Phi) is 58.2. The van der Waals surface area contributed by atoms with Crippen LogP contribution in [0.4, 0.5) is 0 Å². The molecule has 1 unspecified atom stereocenters. The smallest absolute Gasteiger partial charge is 0.306 e. The minimum absolute atomic E-state index is 0.0806. The molecule has 6 nitrogen and oxygen atoms in total. The number of allylic oxidation sites excluding steroid dienone is 10. The molecule has 0 N–H and O–H groups in total. The van der Waals surface area contributed by atoms with Gasteiger partial charge in [-0.05, 0) is 103 Å². The molecule has 1 atom stereocenters. The van der Waals surface area contributed by atoms with Gasteiger partial charge in [0, 0.05) is 19.3 Å². The summed E-state index contributed by atoms with van der Waals surface area (Å²) in [5.41, 5.74) is 0. The third-order valence-corrected chi connectivity index (χ3v) is 13.7. The van der Waals surface area contributed by atoms with E-state index < -0.39 is 6.10 Å². The minimum atomic E-state index is -0.784. The van der Waals surface area contributed by atoms with Gasteiger partial charge in [0.05, 0.1) is 0 Å². The SMILES string of the molecule is CCCC/C=C\C/C=C\CCCCCCCC(=O)OC(COC(=O)CCCCCCC/C=C\CCCCCC)COC(=O)CCCCCCCCCCCCCCCCC/C=C\C/C=C\CCCCCCC. The molecule has 0 aromatic rings. The lowest BCUT2D eigenvalue weighted by Gasteiger charge is -2.18. The molecule has 0 radical (unpaired) electrons. The van der Waals surface area contributed by atoms with Crippen LogP contribution in [0.5, 0.6) is 0 Å². The fraction of sp³-hybridized carbons (Fsp3) is 0.803. The third-order valence-electron chi connectivity index (χ3n) is 13.7. The minimum Gasteiger partial charge on any atom is -0.462 e. The van der Waals surface area contributed by atoms with Crippen molar-refractivity contribution in [3.05, 3.63) is 60.8 Å². The summed E-state index contributed by atoms with van der Waals surface area (Å²) < 4.78 is 16.9. The first-order valence-electron chi connectivity index (χ1n) is 31.3. The zero-order valence-electron chi connectivity index (χ0n) is 47.9. The number of ether oxygens (including phenoxy) is 3. The van der Waals surface area contributed by atoms with E-state index in [1.165, 1.54) is 186 Å². The zero-order chi connectivity index (χ0) is 52.2. The van der Waals surface area contributed by atoms with Gasteiger partial charge in [-0.1, -0.05) is 261 Å². The summed E-state index contributed by atoms with van der Waals surface area (Å²) in [5.74, 6) is -0.891. The Morgan fingerprint density at radius 2 is 0.514 bits per heavy atom. The van der Waals surface area contributed by atoms with Gasteiger partial charge in [-0.3, -0.25) is 14.4 Å². The van der Waals surface area contributed by atoms with Gasteiger partial charge in [0.1, 0.15) is 13.2 Å². The number of esters is 3. The third kappa shape index (κ3) is 58.0. The highest BCUT2D eigenvalue weighted by Gasteiger charge is 2.19. The summed E-state index contributed by atoms with van der Waals surface area (Å²) in [6.45, 7) is 6.59. The van der Waals surface area contributed by atoms with Crippen molar-refractivity contribution >= 4 is 17.9 Å². The second-order valence-corrected chi connectivity index (χ2v) is 21.0. The summed E-state index contributed by atoms with van der Waals surface area (Å²) in [7, 11) is 0. The molecule has 6 heteroatoms. The van der Waals surface area contributed by atoms with E-state index in [0.29, 0.717) is 19.3 Å². The Hall–Kier alpha value is -2.89. The second kappa shape index (κ2) is 60.7. The monoisotopic (exact) mass is 1010 g/mol. The van der Waals surface area contributed by atoms with Crippen LogP contribution in [0.15, 0.2) is 60.8 Å². The first-order chi connectivity index (χ1) is 35.5. The van der Waals surface area contributed by atoms with Crippen LogP contribution in [0.1, 0.15) is 323 Å². The molecule has 0 bridgehead atoms.